The summed E-state index contributed by atoms with van der Waals surface area (Å²) in [5.74, 6) is -1.46. The Morgan fingerprint density at radius 2 is 1.64 bits per heavy atom. The molecule has 130 valence electrons. The fraction of sp³-hybridized carbons (Fsp3) is 0.167. The molecule has 0 aliphatic heterocycles. The van der Waals surface area contributed by atoms with E-state index in [1.54, 1.807) is 30.3 Å². The minimum Gasteiger partial charge on any atom is -0.343 e. The van der Waals surface area contributed by atoms with Gasteiger partial charge in [-0.15, -0.1) is 0 Å². The standard InChI is InChI=1S/C18H18ClN3O3/c1-11-7-8-13(12(2)9-11)18(25)22-21-16(23)10-20-17(24)14-5-3-4-6-15(14)19/h3-9H,10H2,1-2H3,(H,20,24)(H,21,23)(H,22,25). The minimum atomic E-state index is -0.557. The Bertz CT molecular complexity index is 821. The normalized spacial score (nSPS) is 10.0. The number of amides is 3. The highest BCUT2D eigenvalue weighted by Crippen LogP contribution is 2.14. The van der Waals surface area contributed by atoms with Crippen LogP contribution in [0.5, 0.6) is 0 Å². The second-order valence-electron chi connectivity index (χ2n) is 5.48. The van der Waals surface area contributed by atoms with Crippen LogP contribution in [-0.4, -0.2) is 24.3 Å². The molecule has 2 aromatic rings. The van der Waals surface area contributed by atoms with E-state index in [4.69, 9.17) is 11.6 Å². The molecule has 6 nitrogen and oxygen atoms in total. The van der Waals surface area contributed by atoms with Crippen molar-refractivity contribution in [2.45, 2.75) is 13.8 Å². The number of benzene rings is 2. The van der Waals surface area contributed by atoms with Gasteiger partial charge in [-0.05, 0) is 37.6 Å². The van der Waals surface area contributed by atoms with Crippen molar-refractivity contribution in [3.8, 4) is 0 Å². The first-order valence-electron chi connectivity index (χ1n) is 7.57. The Hall–Kier alpha value is -2.86. The third-order valence-electron chi connectivity index (χ3n) is 3.47. The van der Waals surface area contributed by atoms with Crippen LogP contribution in [0.4, 0.5) is 0 Å². The molecule has 0 saturated heterocycles. The summed E-state index contributed by atoms with van der Waals surface area (Å²) >= 11 is 5.91. The fourth-order valence-electron chi connectivity index (χ4n) is 2.21. The summed E-state index contributed by atoms with van der Waals surface area (Å²) in [5, 5.41) is 2.73. The Balaban J connectivity index is 1.83. The van der Waals surface area contributed by atoms with Gasteiger partial charge in [-0.3, -0.25) is 25.2 Å². The molecule has 2 aromatic carbocycles. The van der Waals surface area contributed by atoms with Crippen LogP contribution in [-0.2, 0) is 4.79 Å². The van der Waals surface area contributed by atoms with Crippen molar-refractivity contribution in [2.75, 3.05) is 6.54 Å². The van der Waals surface area contributed by atoms with Gasteiger partial charge in [-0.2, -0.15) is 0 Å². The van der Waals surface area contributed by atoms with Crippen LogP contribution in [0.1, 0.15) is 31.8 Å². The summed E-state index contributed by atoms with van der Waals surface area (Å²) in [6, 6.07) is 11.9. The lowest BCUT2D eigenvalue weighted by molar-refractivity contribution is -0.120. The zero-order valence-corrected chi connectivity index (χ0v) is 14.6. The van der Waals surface area contributed by atoms with E-state index in [9.17, 15) is 14.4 Å². The quantitative estimate of drug-likeness (QED) is 0.731. The van der Waals surface area contributed by atoms with Gasteiger partial charge in [0, 0.05) is 5.56 Å². The predicted octanol–water partition coefficient (Wildman–Crippen LogP) is 2.15. The maximum Gasteiger partial charge on any atom is 0.269 e. The van der Waals surface area contributed by atoms with Gasteiger partial charge in [0.2, 0.25) is 0 Å². The van der Waals surface area contributed by atoms with Crippen LogP contribution in [0.3, 0.4) is 0 Å². The number of aryl methyl sites for hydroxylation is 2. The van der Waals surface area contributed by atoms with Gasteiger partial charge in [0.1, 0.15) is 0 Å². The second kappa shape index (κ2) is 8.30. The molecule has 0 unspecified atom stereocenters. The zero-order valence-electron chi connectivity index (χ0n) is 13.9. The van der Waals surface area contributed by atoms with E-state index >= 15 is 0 Å². The number of hydrazine groups is 1. The summed E-state index contributed by atoms with van der Waals surface area (Å²) in [4.78, 5) is 35.8. The molecular weight excluding hydrogens is 342 g/mol. The smallest absolute Gasteiger partial charge is 0.269 e. The molecular formula is C18H18ClN3O3. The monoisotopic (exact) mass is 359 g/mol. The van der Waals surface area contributed by atoms with Gasteiger partial charge in [0.25, 0.3) is 17.7 Å². The van der Waals surface area contributed by atoms with E-state index in [-0.39, 0.29) is 12.1 Å². The lowest BCUT2D eigenvalue weighted by atomic mass is 10.1. The Labute approximate surface area is 150 Å². The molecule has 0 heterocycles. The van der Waals surface area contributed by atoms with Crippen molar-refractivity contribution >= 4 is 29.3 Å². The predicted molar refractivity (Wildman–Crippen MR) is 95.3 cm³/mol. The number of carbonyl (C=O) groups excluding carboxylic acids is 3. The zero-order chi connectivity index (χ0) is 18.4. The third kappa shape index (κ3) is 5.06. The van der Waals surface area contributed by atoms with E-state index in [0.717, 1.165) is 11.1 Å². The Morgan fingerprint density at radius 3 is 2.32 bits per heavy atom. The van der Waals surface area contributed by atoms with E-state index in [1.807, 2.05) is 26.0 Å². The highest BCUT2D eigenvalue weighted by molar-refractivity contribution is 6.33. The van der Waals surface area contributed by atoms with Crippen molar-refractivity contribution in [3.63, 3.8) is 0 Å². The molecule has 0 spiro atoms. The molecule has 0 radical (unpaired) electrons. The molecule has 2 rings (SSSR count). The fourth-order valence-corrected chi connectivity index (χ4v) is 2.43. The number of carbonyl (C=O) groups is 3. The summed E-state index contributed by atoms with van der Waals surface area (Å²) in [6.07, 6.45) is 0. The maximum atomic E-state index is 12.1. The van der Waals surface area contributed by atoms with Gasteiger partial charge in [0.05, 0.1) is 17.1 Å². The van der Waals surface area contributed by atoms with Crippen LogP contribution in [0.25, 0.3) is 0 Å². The Kier molecular flexibility index (Phi) is 6.14. The molecule has 0 aromatic heterocycles. The summed E-state index contributed by atoms with van der Waals surface area (Å²) in [6.45, 7) is 3.45. The average molecular weight is 360 g/mol. The molecule has 3 N–H and O–H groups in total. The van der Waals surface area contributed by atoms with Crippen LogP contribution >= 0.6 is 11.6 Å². The highest BCUT2D eigenvalue weighted by atomic mass is 35.5. The van der Waals surface area contributed by atoms with E-state index in [1.165, 1.54) is 0 Å². The number of hydrogen-bond acceptors (Lipinski definition) is 3. The second-order valence-corrected chi connectivity index (χ2v) is 5.89. The maximum absolute atomic E-state index is 12.1. The van der Waals surface area contributed by atoms with Gasteiger partial charge in [0.15, 0.2) is 0 Å². The van der Waals surface area contributed by atoms with Crippen LogP contribution < -0.4 is 16.2 Å². The van der Waals surface area contributed by atoms with Crippen LogP contribution in [0, 0.1) is 13.8 Å². The number of halogens is 1. The molecule has 25 heavy (non-hydrogen) atoms. The van der Waals surface area contributed by atoms with Crippen molar-refractivity contribution < 1.29 is 14.4 Å². The molecule has 7 heteroatoms. The molecule has 0 aliphatic carbocycles. The average Bonchev–Trinajstić information content (AvgIpc) is 2.58. The molecule has 0 aliphatic rings. The molecule has 0 atom stereocenters. The molecule has 0 fully saturated rings. The van der Waals surface area contributed by atoms with Crippen molar-refractivity contribution in [1.82, 2.24) is 16.2 Å². The minimum absolute atomic E-state index is 0.274. The van der Waals surface area contributed by atoms with Crippen LogP contribution in [0.2, 0.25) is 5.02 Å². The summed E-state index contributed by atoms with van der Waals surface area (Å²) < 4.78 is 0. The topological polar surface area (TPSA) is 87.3 Å². The summed E-state index contributed by atoms with van der Waals surface area (Å²) in [5.41, 5.74) is 7.16. The largest absolute Gasteiger partial charge is 0.343 e. The molecule has 0 bridgehead atoms. The van der Waals surface area contributed by atoms with Crippen molar-refractivity contribution in [2.24, 2.45) is 0 Å². The van der Waals surface area contributed by atoms with Crippen molar-refractivity contribution in [1.29, 1.82) is 0 Å². The molecule has 0 saturated carbocycles. The van der Waals surface area contributed by atoms with E-state index < -0.39 is 17.7 Å². The number of hydrogen-bond donors (Lipinski definition) is 3. The first-order chi connectivity index (χ1) is 11.9. The highest BCUT2D eigenvalue weighted by Gasteiger charge is 2.13. The first kappa shape index (κ1) is 18.5. The lowest BCUT2D eigenvalue weighted by Crippen LogP contribution is -2.46. The number of rotatable bonds is 4. The van der Waals surface area contributed by atoms with Crippen molar-refractivity contribution in [3.05, 3.63) is 69.7 Å². The SMILES string of the molecule is Cc1ccc(C(=O)NNC(=O)CNC(=O)c2ccccc2Cl)c(C)c1. The Morgan fingerprint density at radius 1 is 0.920 bits per heavy atom. The lowest BCUT2D eigenvalue weighted by Gasteiger charge is -2.10. The first-order valence-corrected chi connectivity index (χ1v) is 7.95. The van der Waals surface area contributed by atoms with Gasteiger partial charge < -0.3 is 5.32 Å². The van der Waals surface area contributed by atoms with Gasteiger partial charge >= 0.3 is 0 Å². The van der Waals surface area contributed by atoms with E-state index in [0.29, 0.717) is 10.6 Å². The summed E-state index contributed by atoms with van der Waals surface area (Å²) in [7, 11) is 0. The molecule has 3 amide bonds. The van der Waals surface area contributed by atoms with Gasteiger partial charge in [-0.1, -0.05) is 41.4 Å². The van der Waals surface area contributed by atoms with Gasteiger partial charge in [-0.25, -0.2) is 0 Å². The number of nitrogens with one attached hydrogen (secondary N) is 3. The van der Waals surface area contributed by atoms with Crippen LogP contribution in [0.15, 0.2) is 42.5 Å². The van der Waals surface area contributed by atoms with E-state index in [2.05, 4.69) is 16.2 Å². The third-order valence-corrected chi connectivity index (χ3v) is 3.80.